The first-order chi connectivity index (χ1) is 11.9. The van der Waals surface area contributed by atoms with Gasteiger partial charge in [-0.2, -0.15) is 0 Å². The third-order valence-corrected chi connectivity index (χ3v) is 4.80. The van der Waals surface area contributed by atoms with Gasteiger partial charge in [0.15, 0.2) is 6.61 Å². The normalized spacial score (nSPS) is 11.6. The van der Waals surface area contributed by atoms with E-state index in [1.54, 1.807) is 36.4 Å². The molecule has 1 heterocycles. The highest BCUT2D eigenvalue weighted by Crippen LogP contribution is 2.25. The SMILES string of the molecule is NC(=O)N[C@@H](CC(=O)OCC(=O)c1ccc(Cl)s1)c1ccccc1Cl. The van der Waals surface area contributed by atoms with Gasteiger partial charge in [0.1, 0.15) is 0 Å². The Kier molecular flexibility index (Phi) is 6.81. The number of benzene rings is 1. The van der Waals surface area contributed by atoms with Crippen LogP contribution in [0.3, 0.4) is 0 Å². The topological polar surface area (TPSA) is 98.5 Å². The second-order valence-electron chi connectivity index (χ2n) is 4.97. The van der Waals surface area contributed by atoms with Gasteiger partial charge in [0, 0.05) is 5.02 Å². The van der Waals surface area contributed by atoms with Gasteiger partial charge in [0.25, 0.3) is 0 Å². The zero-order chi connectivity index (χ0) is 18.4. The van der Waals surface area contributed by atoms with Crippen LogP contribution in [0.15, 0.2) is 36.4 Å². The first kappa shape index (κ1) is 19.2. The number of ketones is 1. The fourth-order valence-corrected chi connectivity index (χ4v) is 3.31. The number of thiophene rings is 1. The highest BCUT2D eigenvalue weighted by molar-refractivity contribution is 7.18. The van der Waals surface area contributed by atoms with Gasteiger partial charge in [0.2, 0.25) is 5.78 Å². The number of rotatable bonds is 7. The molecule has 0 aliphatic heterocycles. The highest BCUT2D eigenvalue weighted by Gasteiger charge is 2.21. The number of primary amides is 1. The van der Waals surface area contributed by atoms with Crippen molar-refractivity contribution in [1.29, 1.82) is 0 Å². The molecule has 1 atom stereocenters. The Morgan fingerprint density at radius 2 is 1.88 bits per heavy atom. The first-order valence-electron chi connectivity index (χ1n) is 7.11. The van der Waals surface area contributed by atoms with Crippen molar-refractivity contribution in [2.24, 2.45) is 5.73 Å². The summed E-state index contributed by atoms with van der Waals surface area (Å²) in [5, 5.41) is 2.82. The molecule has 0 bridgehead atoms. The summed E-state index contributed by atoms with van der Waals surface area (Å²) >= 11 is 12.9. The molecule has 0 saturated carbocycles. The minimum absolute atomic E-state index is 0.217. The number of nitrogens with one attached hydrogen (secondary N) is 1. The van der Waals surface area contributed by atoms with Crippen LogP contribution in [-0.4, -0.2) is 24.4 Å². The number of hydrogen-bond donors (Lipinski definition) is 2. The fourth-order valence-electron chi connectivity index (χ4n) is 2.08. The number of hydrogen-bond acceptors (Lipinski definition) is 5. The molecule has 1 aromatic heterocycles. The van der Waals surface area contributed by atoms with Gasteiger partial charge in [-0.05, 0) is 23.8 Å². The fraction of sp³-hybridized carbons (Fsp3) is 0.188. The van der Waals surface area contributed by atoms with Gasteiger partial charge in [-0.25, -0.2) is 4.79 Å². The summed E-state index contributed by atoms with van der Waals surface area (Å²) in [5.41, 5.74) is 5.67. The number of nitrogens with two attached hydrogens (primary N) is 1. The second kappa shape index (κ2) is 8.84. The predicted molar refractivity (Wildman–Crippen MR) is 96.1 cm³/mol. The molecule has 0 unspecified atom stereocenters. The van der Waals surface area contributed by atoms with Gasteiger partial charge >= 0.3 is 12.0 Å². The van der Waals surface area contributed by atoms with Crippen molar-refractivity contribution in [2.45, 2.75) is 12.5 Å². The van der Waals surface area contributed by atoms with Crippen LogP contribution in [0.2, 0.25) is 9.36 Å². The lowest BCUT2D eigenvalue weighted by Crippen LogP contribution is -2.35. The highest BCUT2D eigenvalue weighted by atomic mass is 35.5. The molecule has 25 heavy (non-hydrogen) atoms. The van der Waals surface area contributed by atoms with Gasteiger partial charge in [-0.3, -0.25) is 9.59 Å². The number of ether oxygens (including phenoxy) is 1. The van der Waals surface area contributed by atoms with E-state index in [1.807, 2.05) is 0 Å². The largest absolute Gasteiger partial charge is 0.457 e. The molecular formula is C16H14Cl2N2O4S. The molecule has 2 amide bonds. The van der Waals surface area contributed by atoms with Crippen molar-refractivity contribution in [3.63, 3.8) is 0 Å². The molecule has 0 spiro atoms. The second-order valence-corrected chi connectivity index (χ2v) is 7.10. The smallest absolute Gasteiger partial charge is 0.312 e. The Balaban J connectivity index is 1.98. The van der Waals surface area contributed by atoms with Crippen molar-refractivity contribution in [3.8, 4) is 0 Å². The Morgan fingerprint density at radius 3 is 2.48 bits per heavy atom. The molecule has 3 N–H and O–H groups in total. The Labute approximate surface area is 157 Å². The average molecular weight is 401 g/mol. The molecule has 2 aromatic rings. The van der Waals surface area contributed by atoms with Crippen molar-refractivity contribution in [1.82, 2.24) is 5.32 Å². The summed E-state index contributed by atoms with van der Waals surface area (Å²) in [4.78, 5) is 35.5. The maximum absolute atomic E-state index is 12.0. The quantitative estimate of drug-likeness (QED) is 0.547. The summed E-state index contributed by atoms with van der Waals surface area (Å²) in [7, 11) is 0. The molecule has 0 fully saturated rings. The average Bonchev–Trinajstić information content (AvgIpc) is 2.98. The van der Waals surface area contributed by atoms with E-state index in [9.17, 15) is 14.4 Å². The molecule has 9 heteroatoms. The molecule has 0 radical (unpaired) electrons. The van der Waals surface area contributed by atoms with E-state index in [0.29, 0.717) is 19.8 Å². The molecule has 0 aliphatic rings. The van der Waals surface area contributed by atoms with E-state index < -0.39 is 24.6 Å². The van der Waals surface area contributed by atoms with E-state index in [-0.39, 0.29) is 12.2 Å². The maximum Gasteiger partial charge on any atom is 0.312 e. The van der Waals surface area contributed by atoms with Gasteiger partial charge in [0.05, 0.1) is 21.7 Å². The molecule has 6 nitrogen and oxygen atoms in total. The summed E-state index contributed by atoms with van der Waals surface area (Å²) in [6.45, 7) is -0.415. The van der Waals surface area contributed by atoms with Gasteiger partial charge < -0.3 is 15.8 Å². The number of urea groups is 1. The van der Waals surface area contributed by atoms with Crippen molar-refractivity contribution < 1.29 is 19.1 Å². The zero-order valence-corrected chi connectivity index (χ0v) is 15.2. The number of Topliss-reactive ketones (excluding diaryl/α,β-unsaturated/α-hetero) is 1. The van der Waals surface area contributed by atoms with Crippen LogP contribution < -0.4 is 11.1 Å². The van der Waals surface area contributed by atoms with Crippen LogP contribution in [0, 0.1) is 0 Å². The van der Waals surface area contributed by atoms with Crippen molar-refractivity contribution in [3.05, 3.63) is 56.2 Å². The summed E-state index contributed by atoms with van der Waals surface area (Å²) in [6.07, 6.45) is -0.217. The molecule has 1 aromatic carbocycles. The summed E-state index contributed by atoms with van der Waals surface area (Å²) in [6, 6.07) is 8.31. The maximum atomic E-state index is 12.0. The minimum atomic E-state index is -0.804. The van der Waals surface area contributed by atoms with E-state index in [4.69, 9.17) is 33.7 Å². The third-order valence-electron chi connectivity index (χ3n) is 3.18. The number of esters is 1. The number of amides is 2. The van der Waals surface area contributed by atoms with E-state index in [0.717, 1.165) is 11.3 Å². The predicted octanol–water partition coefficient (Wildman–Crippen LogP) is 3.58. The number of carbonyl (C=O) groups is 3. The van der Waals surface area contributed by atoms with Crippen LogP contribution in [0.5, 0.6) is 0 Å². The molecule has 132 valence electrons. The Hall–Kier alpha value is -2.09. The lowest BCUT2D eigenvalue weighted by molar-refractivity contribution is -0.143. The van der Waals surface area contributed by atoms with Gasteiger partial charge in [-0.15, -0.1) is 11.3 Å². The molecule has 0 saturated heterocycles. The van der Waals surface area contributed by atoms with Crippen LogP contribution in [0.25, 0.3) is 0 Å². The Morgan fingerprint density at radius 1 is 1.16 bits per heavy atom. The van der Waals surface area contributed by atoms with Crippen LogP contribution in [-0.2, 0) is 9.53 Å². The molecule has 0 aliphatic carbocycles. The van der Waals surface area contributed by atoms with E-state index >= 15 is 0 Å². The number of carbonyl (C=O) groups excluding carboxylic acids is 3. The first-order valence-corrected chi connectivity index (χ1v) is 8.68. The molecule has 2 rings (SSSR count). The third kappa shape index (κ3) is 5.74. The van der Waals surface area contributed by atoms with Crippen LogP contribution >= 0.6 is 34.5 Å². The summed E-state index contributed by atoms with van der Waals surface area (Å²) < 4.78 is 5.45. The summed E-state index contributed by atoms with van der Waals surface area (Å²) in [5.74, 6) is -1.03. The van der Waals surface area contributed by atoms with Crippen molar-refractivity contribution >= 4 is 52.3 Å². The lowest BCUT2D eigenvalue weighted by Gasteiger charge is -2.18. The Bertz CT molecular complexity index is 794. The lowest BCUT2D eigenvalue weighted by atomic mass is 10.0. The van der Waals surface area contributed by atoms with Crippen LogP contribution in [0.4, 0.5) is 4.79 Å². The number of halogens is 2. The monoisotopic (exact) mass is 400 g/mol. The van der Waals surface area contributed by atoms with E-state index in [1.165, 1.54) is 0 Å². The zero-order valence-electron chi connectivity index (χ0n) is 12.8. The standard InChI is InChI=1S/C16H14Cl2N2O4S/c17-10-4-2-1-3-9(10)11(20-16(19)23)7-15(22)24-8-12(21)13-5-6-14(18)25-13/h1-6,11H,7-8H2,(H3,19,20,23)/t11-/m0/s1. The van der Waals surface area contributed by atoms with Crippen LogP contribution in [0.1, 0.15) is 27.7 Å². The van der Waals surface area contributed by atoms with E-state index in [2.05, 4.69) is 5.32 Å². The van der Waals surface area contributed by atoms with Crippen molar-refractivity contribution in [2.75, 3.05) is 6.61 Å². The molecular weight excluding hydrogens is 387 g/mol. The van der Waals surface area contributed by atoms with Gasteiger partial charge in [-0.1, -0.05) is 41.4 Å². The minimum Gasteiger partial charge on any atom is -0.457 e.